The van der Waals surface area contributed by atoms with E-state index in [1.807, 2.05) is 0 Å². The smallest absolute Gasteiger partial charge is 0.406 e. The maximum atomic E-state index is 12.8. The molecule has 0 fully saturated rings. The Hall–Kier alpha value is -2.06. The van der Waals surface area contributed by atoms with Crippen LogP contribution in [-0.4, -0.2) is 16.1 Å². The molecule has 0 spiro atoms. The summed E-state index contributed by atoms with van der Waals surface area (Å²) in [4.78, 5) is 18.1. The normalized spacial score (nSPS) is 11.2. The highest BCUT2D eigenvalue weighted by atomic mass is 35.5. The minimum Gasteiger partial charge on any atom is -0.406 e. The molecule has 0 unspecified atom stereocenters. The standard InChI is InChI=1S/C13H8Cl2F3N3O2/c1-6-2-3-8(7(14)4-6)20-12(22)23-9-5-19-11(15)21-10(9)13(16,17)18/h2-5H,1H3,(H,20,22). The molecule has 0 aliphatic rings. The fraction of sp³-hybridized carbons (Fsp3) is 0.154. The lowest BCUT2D eigenvalue weighted by atomic mass is 10.2. The van der Waals surface area contributed by atoms with Gasteiger partial charge in [0.05, 0.1) is 16.9 Å². The van der Waals surface area contributed by atoms with Crippen LogP contribution in [0, 0.1) is 6.92 Å². The van der Waals surface area contributed by atoms with Crippen molar-refractivity contribution in [2.45, 2.75) is 13.1 Å². The van der Waals surface area contributed by atoms with Crippen LogP contribution in [0.5, 0.6) is 5.75 Å². The summed E-state index contributed by atoms with van der Waals surface area (Å²) in [5.74, 6) is -0.873. The van der Waals surface area contributed by atoms with Crippen molar-refractivity contribution in [3.05, 3.63) is 46.0 Å². The number of halogens is 5. The first-order valence-corrected chi connectivity index (χ1v) is 6.77. The molecular formula is C13H8Cl2F3N3O2. The predicted octanol–water partition coefficient (Wildman–Crippen LogP) is 4.72. The fourth-order valence-electron chi connectivity index (χ4n) is 1.58. The summed E-state index contributed by atoms with van der Waals surface area (Å²) in [6, 6.07) is 4.72. The molecule has 122 valence electrons. The van der Waals surface area contributed by atoms with Crippen molar-refractivity contribution in [3.8, 4) is 5.75 Å². The summed E-state index contributed by atoms with van der Waals surface area (Å²) < 4.78 is 43.1. The Labute approximate surface area is 138 Å². The Morgan fingerprint density at radius 2 is 2.00 bits per heavy atom. The molecule has 0 atom stereocenters. The number of alkyl halides is 3. The number of carbonyl (C=O) groups is 1. The van der Waals surface area contributed by atoms with E-state index in [0.29, 0.717) is 6.20 Å². The Kier molecular flexibility index (Phi) is 4.96. The number of aryl methyl sites for hydroxylation is 1. The predicted molar refractivity (Wildman–Crippen MR) is 77.9 cm³/mol. The SMILES string of the molecule is Cc1ccc(NC(=O)Oc2cnc(Cl)nc2C(F)(F)F)c(Cl)c1. The van der Waals surface area contributed by atoms with Crippen LogP contribution < -0.4 is 10.1 Å². The van der Waals surface area contributed by atoms with Crippen LogP contribution in [0.1, 0.15) is 11.3 Å². The highest BCUT2D eigenvalue weighted by molar-refractivity contribution is 6.33. The lowest BCUT2D eigenvalue weighted by molar-refractivity contribution is -0.142. The summed E-state index contributed by atoms with van der Waals surface area (Å²) in [7, 11) is 0. The van der Waals surface area contributed by atoms with Crippen LogP contribution in [0.3, 0.4) is 0 Å². The highest BCUT2D eigenvalue weighted by Crippen LogP contribution is 2.35. The zero-order chi connectivity index (χ0) is 17.2. The number of nitrogens with one attached hydrogen (secondary N) is 1. The zero-order valence-corrected chi connectivity index (χ0v) is 12.9. The molecule has 1 N–H and O–H groups in total. The number of carbonyl (C=O) groups excluding carboxylic acids is 1. The zero-order valence-electron chi connectivity index (χ0n) is 11.4. The Morgan fingerprint density at radius 3 is 2.61 bits per heavy atom. The van der Waals surface area contributed by atoms with E-state index >= 15 is 0 Å². The number of aromatic nitrogens is 2. The quantitative estimate of drug-likeness (QED) is 0.781. The molecule has 1 amide bonds. The van der Waals surface area contributed by atoms with Crippen molar-refractivity contribution in [3.63, 3.8) is 0 Å². The van der Waals surface area contributed by atoms with Crippen LogP contribution >= 0.6 is 23.2 Å². The van der Waals surface area contributed by atoms with Gasteiger partial charge in [-0.2, -0.15) is 13.2 Å². The third-order valence-electron chi connectivity index (χ3n) is 2.56. The minimum atomic E-state index is -4.86. The summed E-state index contributed by atoms with van der Waals surface area (Å²) in [6.07, 6.45) is -5.37. The van der Waals surface area contributed by atoms with E-state index in [9.17, 15) is 18.0 Å². The molecule has 0 saturated carbocycles. The van der Waals surface area contributed by atoms with Gasteiger partial charge in [0.25, 0.3) is 0 Å². The van der Waals surface area contributed by atoms with Crippen LogP contribution in [0.4, 0.5) is 23.7 Å². The van der Waals surface area contributed by atoms with Crippen molar-refractivity contribution in [1.82, 2.24) is 9.97 Å². The summed E-state index contributed by atoms with van der Waals surface area (Å²) in [6.45, 7) is 1.79. The second-order valence-corrected chi connectivity index (χ2v) is 5.09. The molecule has 0 radical (unpaired) electrons. The number of ether oxygens (including phenoxy) is 1. The number of hydrogen-bond donors (Lipinski definition) is 1. The monoisotopic (exact) mass is 365 g/mol. The molecule has 0 aliphatic heterocycles. The van der Waals surface area contributed by atoms with E-state index in [0.717, 1.165) is 5.56 Å². The molecule has 0 saturated heterocycles. The van der Waals surface area contributed by atoms with Crippen LogP contribution in [0.2, 0.25) is 10.3 Å². The molecule has 0 aliphatic carbocycles. The van der Waals surface area contributed by atoms with Crippen LogP contribution in [-0.2, 0) is 6.18 Å². The number of anilines is 1. The van der Waals surface area contributed by atoms with Crippen molar-refractivity contribution in [1.29, 1.82) is 0 Å². The largest absolute Gasteiger partial charge is 0.437 e. The molecule has 1 aromatic carbocycles. The van der Waals surface area contributed by atoms with E-state index in [1.54, 1.807) is 19.1 Å². The molecular weight excluding hydrogens is 358 g/mol. The van der Waals surface area contributed by atoms with E-state index in [2.05, 4.69) is 20.0 Å². The van der Waals surface area contributed by atoms with E-state index < -0.39 is 29.0 Å². The van der Waals surface area contributed by atoms with E-state index in [4.69, 9.17) is 23.2 Å². The molecule has 2 rings (SSSR count). The Bertz CT molecular complexity index is 754. The summed E-state index contributed by atoms with van der Waals surface area (Å²) in [5.41, 5.74) is -0.423. The second-order valence-electron chi connectivity index (χ2n) is 4.35. The van der Waals surface area contributed by atoms with Crippen molar-refractivity contribution < 1.29 is 22.7 Å². The van der Waals surface area contributed by atoms with Crippen LogP contribution in [0.15, 0.2) is 24.4 Å². The molecule has 10 heteroatoms. The first-order valence-electron chi connectivity index (χ1n) is 6.01. The molecule has 5 nitrogen and oxygen atoms in total. The van der Waals surface area contributed by atoms with Gasteiger partial charge in [0.15, 0.2) is 11.4 Å². The molecule has 1 aromatic heterocycles. The molecule has 2 aromatic rings. The van der Waals surface area contributed by atoms with Crippen LogP contribution in [0.25, 0.3) is 0 Å². The number of hydrogen-bond acceptors (Lipinski definition) is 4. The van der Waals surface area contributed by atoms with Gasteiger partial charge < -0.3 is 4.74 Å². The van der Waals surface area contributed by atoms with Gasteiger partial charge in [0.1, 0.15) is 0 Å². The average Bonchev–Trinajstić information content (AvgIpc) is 2.43. The maximum absolute atomic E-state index is 12.8. The van der Waals surface area contributed by atoms with Gasteiger partial charge in [0, 0.05) is 0 Å². The van der Waals surface area contributed by atoms with Gasteiger partial charge in [-0.05, 0) is 36.2 Å². The first kappa shape index (κ1) is 17.3. The van der Waals surface area contributed by atoms with E-state index in [-0.39, 0.29) is 10.7 Å². The van der Waals surface area contributed by atoms with Crippen molar-refractivity contribution in [2.75, 3.05) is 5.32 Å². The first-order chi connectivity index (χ1) is 10.7. The Morgan fingerprint density at radius 1 is 1.30 bits per heavy atom. The highest BCUT2D eigenvalue weighted by Gasteiger charge is 2.38. The fourth-order valence-corrected chi connectivity index (χ4v) is 2.00. The van der Waals surface area contributed by atoms with Gasteiger partial charge in [-0.25, -0.2) is 14.8 Å². The Balaban J connectivity index is 2.21. The van der Waals surface area contributed by atoms with Gasteiger partial charge in [-0.3, -0.25) is 5.32 Å². The number of amides is 1. The summed E-state index contributed by atoms with van der Waals surface area (Å²) in [5, 5.41) is 1.82. The van der Waals surface area contributed by atoms with Crippen molar-refractivity contribution >= 4 is 35.0 Å². The topological polar surface area (TPSA) is 64.1 Å². The molecule has 23 heavy (non-hydrogen) atoms. The van der Waals surface area contributed by atoms with Gasteiger partial charge >= 0.3 is 12.3 Å². The van der Waals surface area contributed by atoms with Gasteiger partial charge in [-0.1, -0.05) is 17.7 Å². The third kappa shape index (κ3) is 4.46. The molecule has 1 heterocycles. The number of rotatable bonds is 2. The summed E-state index contributed by atoms with van der Waals surface area (Å²) >= 11 is 11.2. The lowest BCUT2D eigenvalue weighted by Gasteiger charge is -2.12. The number of benzene rings is 1. The third-order valence-corrected chi connectivity index (χ3v) is 3.05. The molecule has 0 bridgehead atoms. The second kappa shape index (κ2) is 6.59. The van der Waals surface area contributed by atoms with Crippen molar-refractivity contribution in [2.24, 2.45) is 0 Å². The van der Waals surface area contributed by atoms with E-state index in [1.165, 1.54) is 6.07 Å². The minimum absolute atomic E-state index is 0.186. The van der Waals surface area contributed by atoms with Gasteiger partial charge in [-0.15, -0.1) is 0 Å². The lowest BCUT2D eigenvalue weighted by Crippen LogP contribution is -2.20. The number of nitrogens with zero attached hydrogens (tertiary/aromatic N) is 2. The maximum Gasteiger partial charge on any atom is 0.437 e. The average molecular weight is 366 g/mol. The van der Waals surface area contributed by atoms with Gasteiger partial charge in [0.2, 0.25) is 5.28 Å².